The van der Waals surface area contributed by atoms with E-state index in [4.69, 9.17) is 5.11 Å². The highest BCUT2D eigenvalue weighted by atomic mass is 19.3. The Morgan fingerprint density at radius 2 is 2.25 bits per heavy atom. The molecule has 0 unspecified atom stereocenters. The van der Waals surface area contributed by atoms with Crippen LogP contribution in [0.15, 0.2) is 12.4 Å². The van der Waals surface area contributed by atoms with E-state index < -0.39 is 12.4 Å². The Balaban J connectivity index is 2.80. The van der Waals surface area contributed by atoms with E-state index >= 15 is 0 Å². The summed E-state index contributed by atoms with van der Waals surface area (Å²) in [5.41, 5.74) is -0.387. The molecule has 2 heterocycles. The molecule has 1 N–H and O–H groups in total. The summed E-state index contributed by atoms with van der Waals surface area (Å²) in [4.78, 5) is 18.2. The molecule has 0 radical (unpaired) electrons. The molecule has 0 saturated carbocycles. The number of nitrogens with zero attached hydrogens (tertiary/aromatic N) is 3. The van der Waals surface area contributed by atoms with Crippen molar-refractivity contribution < 1.29 is 18.7 Å². The number of carboxylic acids is 1. The molecule has 0 aliphatic rings. The summed E-state index contributed by atoms with van der Waals surface area (Å²) in [6, 6.07) is 1.20. The fourth-order valence-corrected chi connectivity index (χ4v) is 1.44. The van der Waals surface area contributed by atoms with Crippen LogP contribution in [0.1, 0.15) is 28.3 Å². The predicted molar refractivity (Wildman–Crippen MR) is 49.6 cm³/mol. The Kier molecular flexibility index (Phi) is 2.30. The van der Waals surface area contributed by atoms with E-state index in [0.29, 0.717) is 5.69 Å². The van der Waals surface area contributed by atoms with Crippen molar-refractivity contribution >= 4 is 11.6 Å². The third-order valence-electron chi connectivity index (χ3n) is 2.09. The minimum absolute atomic E-state index is 0.0669. The first-order chi connectivity index (χ1) is 7.50. The molecule has 0 aliphatic carbocycles. The zero-order chi connectivity index (χ0) is 11.9. The number of hydrogen-bond acceptors (Lipinski definition) is 3. The van der Waals surface area contributed by atoms with Gasteiger partial charge in [-0.05, 0) is 13.0 Å². The van der Waals surface area contributed by atoms with Gasteiger partial charge in [-0.25, -0.2) is 23.5 Å². The third-order valence-corrected chi connectivity index (χ3v) is 2.09. The molecule has 5 nitrogen and oxygen atoms in total. The fourth-order valence-electron chi connectivity index (χ4n) is 1.44. The Labute approximate surface area is 88.4 Å². The van der Waals surface area contributed by atoms with Crippen LogP contribution >= 0.6 is 0 Å². The van der Waals surface area contributed by atoms with E-state index in [1.165, 1.54) is 13.0 Å². The molecular weight excluding hydrogens is 220 g/mol. The lowest BCUT2D eigenvalue weighted by Crippen LogP contribution is -2.03. The predicted octanol–water partition coefficient (Wildman–Crippen LogP) is 1.67. The topological polar surface area (TPSA) is 67.5 Å². The number of fused-ring (bicyclic) bond motifs is 1. The summed E-state index contributed by atoms with van der Waals surface area (Å²) in [6.07, 6.45) is -1.67. The van der Waals surface area contributed by atoms with Crippen LogP contribution in [0, 0.1) is 6.92 Å². The molecule has 2 rings (SSSR count). The molecule has 0 aromatic carbocycles. The third kappa shape index (κ3) is 1.50. The Hall–Kier alpha value is -2.05. The van der Waals surface area contributed by atoms with Crippen molar-refractivity contribution in [3.8, 4) is 0 Å². The molecule has 0 saturated heterocycles. The van der Waals surface area contributed by atoms with Gasteiger partial charge in [0.1, 0.15) is 6.33 Å². The number of aryl methyl sites for hydroxylation is 1. The minimum atomic E-state index is -2.71. The number of halogens is 2. The summed E-state index contributed by atoms with van der Waals surface area (Å²) >= 11 is 0. The van der Waals surface area contributed by atoms with Crippen molar-refractivity contribution in [2.75, 3.05) is 0 Å². The van der Waals surface area contributed by atoms with Crippen LogP contribution in [0.2, 0.25) is 0 Å². The van der Waals surface area contributed by atoms with Gasteiger partial charge < -0.3 is 5.11 Å². The smallest absolute Gasteiger partial charge is 0.358 e. The van der Waals surface area contributed by atoms with E-state index in [2.05, 4.69) is 9.97 Å². The molecular formula is C9H7F2N3O2. The normalized spacial score (nSPS) is 11.2. The van der Waals surface area contributed by atoms with Crippen LogP contribution < -0.4 is 0 Å². The number of aromatic nitrogens is 3. The number of alkyl halides is 2. The maximum atomic E-state index is 12.7. The summed E-state index contributed by atoms with van der Waals surface area (Å²) in [5, 5.41) is 8.79. The van der Waals surface area contributed by atoms with Crippen LogP contribution in [-0.4, -0.2) is 25.4 Å². The second-order valence-electron chi connectivity index (χ2n) is 3.22. The summed E-state index contributed by atoms with van der Waals surface area (Å²) < 4.78 is 26.3. The molecule has 2 aromatic heterocycles. The SMILES string of the molecule is Cc1cc(C(F)F)n2cnc(C(=O)O)c2n1. The second-order valence-corrected chi connectivity index (χ2v) is 3.22. The van der Waals surface area contributed by atoms with Gasteiger partial charge in [-0.3, -0.25) is 4.40 Å². The first-order valence-corrected chi connectivity index (χ1v) is 4.36. The van der Waals surface area contributed by atoms with Crippen molar-refractivity contribution in [1.29, 1.82) is 0 Å². The molecule has 0 fully saturated rings. The lowest BCUT2D eigenvalue weighted by atomic mass is 10.3. The molecule has 2 aromatic rings. The highest BCUT2D eigenvalue weighted by molar-refractivity contribution is 5.92. The number of carbonyl (C=O) groups is 1. The van der Waals surface area contributed by atoms with Crippen molar-refractivity contribution in [3.05, 3.63) is 29.5 Å². The van der Waals surface area contributed by atoms with Gasteiger partial charge in [-0.15, -0.1) is 0 Å². The lowest BCUT2D eigenvalue weighted by molar-refractivity contribution is 0.0693. The first-order valence-electron chi connectivity index (χ1n) is 4.36. The summed E-state index contributed by atoms with van der Waals surface area (Å²) in [7, 11) is 0. The zero-order valence-electron chi connectivity index (χ0n) is 8.19. The van der Waals surface area contributed by atoms with Crippen LogP contribution in [0.3, 0.4) is 0 Å². The van der Waals surface area contributed by atoms with Gasteiger partial charge in [-0.2, -0.15) is 0 Å². The van der Waals surface area contributed by atoms with Crippen LogP contribution in [0.5, 0.6) is 0 Å². The molecule has 0 bridgehead atoms. The average molecular weight is 227 g/mol. The van der Waals surface area contributed by atoms with Crippen LogP contribution in [0.4, 0.5) is 8.78 Å². The zero-order valence-corrected chi connectivity index (χ0v) is 8.19. The van der Waals surface area contributed by atoms with Crippen LogP contribution in [0.25, 0.3) is 5.65 Å². The highest BCUT2D eigenvalue weighted by Crippen LogP contribution is 2.21. The van der Waals surface area contributed by atoms with Gasteiger partial charge in [-0.1, -0.05) is 0 Å². The minimum Gasteiger partial charge on any atom is -0.476 e. The Bertz CT molecular complexity index is 565. The summed E-state index contributed by atoms with van der Waals surface area (Å²) in [5.74, 6) is -1.29. The second kappa shape index (κ2) is 3.51. The number of aromatic carboxylic acids is 1. The van der Waals surface area contributed by atoms with Crippen molar-refractivity contribution in [2.24, 2.45) is 0 Å². The van der Waals surface area contributed by atoms with Crippen molar-refractivity contribution in [2.45, 2.75) is 13.3 Å². The number of imidazole rings is 1. The van der Waals surface area contributed by atoms with Gasteiger partial charge in [0.15, 0.2) is 11.3 Å². The molecule has 0 spiro atoms. The van der Waals surface area contributed by atoms with Gasteiger partial charge in [0, 0.05) is 5.69 Å². The number of hydrogen-bond donors (Lipinski definition) is 1. The number of carboxylic acid groups (broad SMARTS) is 1. The molecule has 16 heavy (non-hydrogen) atoms. The average Bonchev–Trinajstić information content (AvgIpc) is 2.59. The van der Waals surface area contributed by atoms with Crippen molar-refractivity contribution in [1.82, 2.24) is 14.4 Å². The van der Waals surface area contributed by atoms with E-state index in [1.54, 1.807) is 0 Å². The van der Waals surface area contributed by atoms with Crippen LogP contribution in [-0.2, 0) is 0 Å². The standard InChI is InChI=1S/C9H7F2N3O2/c1-4-2-5(7(10)11)14-3-12-6(9(15)16)8(14)13-4/h2-3,7H,1H3,(H,15,16). The Morgan fingerprint density at radius 3 is 2.81 bits per heavy atom. The van der Waals surface area contributed by atoms with E-state index in [1.807, 2.05) is 0 Å². The monoisotopic (exact) mass is 227 g/mol. The lowest BCUT2D eigenvalue weighted by Gasteiger charge is -2.05. The van der Waals surface area contributed by atoms with E-state index in [9.17, 15) is 13.6 Å². The summed E-state index contributed by atoms with van der Waals surface area (Å²) in [6.45, 7) is 1.52. The quantitative estimate of drug-likeness (QED) is 0.847. The molecule has 0 atom stereocenters. The van der Waals surface area contributed by atoms with E-state index in [0.717, 1.165) is 10.7 Å². The first kappa shape index (κ1) is 10.5. The van der Waals surface area contributed by atoms with Gasteiger partial charge in [0.2, 0.25) is 0 Å². The fraction of sp³-hybridized carbons (Fsp3) is 0.222. The molecule has 0 aliphatic heterocycles. The van der Waals surface area contributed by atoms with Crippen molar-refractivity contribution in [3.63, 3.8) is 0 Å². The highest BCUT2D eigenvalue weighted by Gasteiger charge is 2.19. The molecule has 7 heteroatoms. The largest absolute Gasteiger partial charge is 0.476 e. The number of rotatable bonds is 2. The van der Waals surface area contributed by atoms with Gasteiger partial charge in [0.25, 0.3) is 6.43 Å². The Morgan fingerprint density at radius 1 is 1.56 bits per heavy atom. The molecule has 0 amide bonds. The van der Waals surface area contributed by atoms with E-state index in [-0.39, 0.29) is 17.0 Å². The van der Waals surface area contributed by atoms with Gasteiger partial charge >= 0.3 is 5.97 Å². The maximum Gasteiger partial charge on any atom is 0.358 e. The maximum absolute atomic E-state index is 12.7. The van der Waals surface area contributed by atoms with Gasteiger partial charge in [0.05, 0.1) is 5.69 Å². The molecule has 84 valence electrons.